The summed E-state index contributed by atoms with van der Waals surface area (Å²) in [4.78, 5) is 13.6. The highest BCUT2D eigenvalue weighted by atomic mass is 19.1. The first-order valence-electron chi connectivity index (χ1n) is 6.91. The van der Waals surface area contributed by atoms with Gasteiger partial charge in [0.25, 0.3) is 0 Å². The number of para-hydroxylation sites is 1. The van der Waals surface area contributed by atoms with Crippen molar-refractivity contribution in [2.75, 3.05) is 24.6 Å². The summed E-state index contributed by atoms with van der Waals surface area (Å²) in [5.41, 5.74) is 4.05. The molecule has 21 heavy (non-hydrogen) atoms. The van der Waals surface area contributed by atoms with Gasteiger partial charge in [-0.1, -0.05) is 30.3 Å². The van der Waals surface area contributed by atoms with Crippen LogP contribution < -0.4 is 4.90 Å². The molecule has 1 aliphatic rings. The summed E-state index contributed by atoms with van der Waals surface area (Å²) in [5, 5.41) is 0. The van der Waals surface area contributed by atoms with Gasteiger partial charge in [0.2, 0.25) is 0 Å². The summed E-state index contributed by atoms with van der Waals surface area (Å²) in [6, 6.07) is 12.4. The van der Waals surface area contributed by atoms with Gasteiger partial charge < -0.3 is 9.64 Å². The van der Waals surface area contributed by atoms with Crippen LogP contribution in [0.15, 0.2) is 42.5 Å². The van der Waals surface area contributed by atoms with Crippen LogP contribution in [0.25, 0.3) is 11.1 Å². The third-order valence-electron chi connectivity index (χ3n) is 3.65. The number of benzene rings is 2. The second-order valence-electron chi connectivity index (χ2n) is 5.12. The quantitative estimate of drug-likeness (QED) is 0.794. The van der Waals surface area contributed by atoms with Gasteiger partial charge in [0, 0.05) is 11.3 Å². The van der Waals surface area contributed by atoms with Crippen molar-refractivity contribution in [3.8, 4) is 11.1 Å². The molecule has 0 saturated carbocycles. The number of nitrogens with zero attached hydrogens (tertiary/aromatic N) is 1. The molecule has 2 aromatic carbocycles. The first kappa shape index (κ1) is 13.6. The zero-order valence-electron chi connectivity index (χ0n) is 11.8. The van der Waals surface area contributed by atoms with E-state index >= 15 is 0 Å². The fourth-order valence-corrected chi connectivity index (χ4v) is 2.68. The molecule has 4 heteroatoms. The van der Waals surface area contributed by atoms with E-state index in [1.807, 2.05) is 30.0 Å². The number of esters is 1. The molecule has 0 N–H and O–H groups in total. The largest absolute Gasteiger partial charge is 0.462 e. The molecule has 1 saturated heterocycles. The zero-order chi connectivity index (χ0) is 14.8. The van der Waals surface area contributed by atoms with E-state index in [2.05, 4.69) is 0 Å². The Balaban J connectivity index is 2.06. The average molecular weight is 285 g/mol. The van der Waals surface area contributed by atoms with Crippen molar-refractivity contribution in [2.45, 2.75) is 6.92 Å². The van der Waals surface area contributed by atoms with E-state index in [9.17, 15) is 9.18 Å². The van der Waals surface area contributed by atoms with E-state index in [-0.39, 0.29) is 18.3 Å². The SMILES string of the molecule is Cc1cccc(-c2ccc(F)cc2)c1N1CCOC(=O)C1. The smallest absolute Gasteiger partial charge is 0.325 e. The van der Waals surface area contributed by atoms with Crippen molar-refractivity contribution >= 4 is 11.7 Å². The Morgan fingerprint density at radius 3 is 2.62 bits per heavy atom. The summed E-state index contributed by atoms with van der Waals surface area (Å²) >= 11 is 0. The third kappa shape index (κ3) is 2.75. The maximum absolute atomic E-state index is 13.1. The Hall–Kier alpha value is -2.36. The molecule has 3 nitrogen and oxygen atoms in total. The van der Waals surface area contributed by atoms with Crippen molar-refractivity contribution < 1.29 is 13.9 Å². The van der Waals surface area contributed by atoms with Gasteiger partial charge in [-0.2, -0.15) is 0 Å². The summed E-state index contributed by atoms with van der Waals surface area (Å²) < 4.78 is 18.1. The second kappa shape index (κ2) is 5.56. The van der Waals surface area contributed by atoms with Gasteiger partial charge in [-0.25, -0.2) is 4.39 Å². The lowest BCUT2D eigenvalue weighted by Gasteiger charge is -2.31. The van der Waals surface area contributed by atoms with E-state index in [1.54, 1.807) is 12.1 Å². The Labute approximate surface area is 123 Å². The number of morpholine rings is 1. The highest BCUT2D eigenvalue weighted by Crippen LogP contribution is 2.34. The number of hydrogen-bond acceptors (Lipinski definition) is 3. The van der Waals surface area contributed by atoms with E-state index in [0.29, 0.717) is 13.2 Å². The van der Waals surface area contributed by atoms with Crippen molar-refractivity contribution in [2.24, 2.45) is 0 Å². The Morgan fingerprint density at radius 2 is 1.90 bits per heavy atom. The van der Waals surface area contributed by atoms with Crippen molar-refractivity contribution in [1.82, 2.24) is 0 Å². The molecule has 1 aliphatic heterocycles. The van der Waals surface area contributed by atoms with Crippen LogP contribution in [0, 0.1) is 12.7 Å². The number of ether oxygens (including phenoxy) is 1. The minimum absolute atomic E-state index is 0.213. The molecule has 0 bridgehead atoms. The molecular weight excluding hydrogens is 269 g/mol. The summed E-state index contributed by atoms with van der Waals surface area (Å²) in [7, 11) is 0. The van der Waals surface area contributed by atoms with Crippen LogP contribution in [-0.2, 0) is 9.53 Å². The highest BCUT2D eigenvalue weighted by Gasteiger charge is 2.22. The lowest BCUT2D eigenvalue weighted by Crippen LogP contribution is -2.40. The molecule has 0 radical (unpaired) electrons. The van der Waals surface area contributed by atoms with Crippen molar-refractivity contribution in [3.05, 3.63) is 53.8 Å². The first-order valence-corrected chi connectivity index (χ1v) is 6.91. The molecule has 0 aliphatic carbocycles. The molecule has 2 aromatic rings. The second-order valence-corrected chi connectivity index (χ2v) is 5.12. The highest BCUT2D eigenvalue weighted by molar-refractivity contribution is 5.85. The summed E-state index contributed by atoms with van der Waals surface area (Å²) in [6.07, 6.45) is 0. The van der Waals surface area contributed by atoms with Crippen LogP contribution in [0.5, 0.6) is 0 Å². The maximum Gasteiger partial charge on any atom is 0.325 e. The number of carbonyl (C=O) groups excluding carboxylic acids is 1. The maximum atomic E-state index is 13.1. The topological polar surface area (TPSA) is 29.5 Å². The minimum Gasteiger partial charge on any atom is -0.462 e. The molecular formula is C17H16FNO2. The van der Waals surface area contributed by atoms with Gasteiger partial charge in [0.05, 0.1) is 6.54 Å². The van der Waals surface area contributed by atoms with Gasteiger partial charge in [-0.05, 0) is 30.2 Å². The molecule has 1 fully saturated rings. The van der Waals surface area contributed by atoms with E-state index in [4.69, 9.17) is 4.74 Å². The number of carbonyl (C=O) groups is 1. The van der Waals surface area contributed by atoms with Gasteiger partial charge >= 0.3 is 5.97 Å². The molecule has 0 amide bonds. The number of anilines is 1. The molecule has 0 aromatic heterocycles. The Morgan fingerprint density at radius 1 is 1.14 bits per heavy atom. The van der Waals surface area contributed by atoms with Crippen LogP contribution in [0.4, 0.5) is 10.1 Å². The molecule has 0 unspecified atom stereocenters. The number of cyclic esters (lactones) is 1. The van der Waals surface area contributed by atoms with Crippen LogP contribution in [-0.4, -0.2) is 25.7 Å². The predicted octanol–water partition coefficient (Wildman–Crippen LogP) is 3.16. The van der Waals surface area contributed by atoms with Crippen LogP contribution in [0.1, 0.15) is 5.56 Å². The lowest BCUT2D eigenvalue weighted by atomic mass is 9.99. The predicted molar refractivity (Wildman–Crippen MR) is 79.7 cm³/mol. The van der Waals surface area contributed by atoms with Crippen molar-refractivity contribution in [3.63, 3.8) is 0 Å². The normalized spacial score (nSPS) is 15.0. The lowest BCUT2D eigenvalue weighted by molar-refractivity contribution is -0.143. The van der Waals surface area contributed by atoms with Gasteiger partial charge in [-0.3, -0.25) is 4.79 Å². The Bertz CT molecular complexity index is 667. The fraction of sp³-hybridized carbons (Fsp3) is 0.235. The third-order valence-corrected chi connectivity index (χ3v) is 3.65. The van der Waals surface area contributed by atoms with E-state index in [1.165, 1.54) is 12.1 Å². The van der Waals surface area contributed by atoms with Crippen LogP contribution >= 0.6 is 0 Å². The molecule has 3 rings (SSSR count). The molecule has 108 valence electrons. The zero-order valence-corrected chi connectivity index (χ0v) is 11.8. The summed E-state index contributed by atoms with van der Waals surface area (Å²) in [5.74, 6) is -0.468. The van der Waals surface area contributed by atoms with Crippen LogP contribution in [0.2, 0.25) is 0 Å². The van der Waals surface area contributed by atoms with Crippen LogP contribution in [0.3, 0.4) is 0 Å². The number of rotatable bonds is 2. The number of halogens is 1. The fourth-order valence-electron chi connectivity index (χ4n) is 2.68. The first-order chi connectivity index (χ1) is 10.1. The average Bonchev–Trinajstić information content (AvgIpc) is 2.48. The van der Waals surface area contributed by atoms with E-state index < -0.39 is 0 Å². The number of aryl methyl sites for hydroxylation is 1. The van der Waals surface area contributed by atoms with Crippen molar-refractivity contribution in [1.29, 1.82) is 0 Å². The molecule has 0 spiro atoms. The molecule has 1 heterocycles. The molecule has 0 atom stereocenters. The number of hydrogen-bond donors (Lipinski definition) is 0. The van der Waals surface area contributed by atoms with Gasteiger partial charge in [-0.15, -0.1) is 0 Å². The Kier molecular flexibility index (Phi) is 3.60. The standard InChI is InChI=1S/C17H16FNO2/c1-12-3-2-4-15(13-5-7-14(18)8-6-13)17(12)19-9-10-21-16(20)11-19/h2-8H,9-11H2,1H3. The van der Waals surface area contributed by atoms with E-state index in [0.717, 1.165) is 22.4 Å². The minimum atomic E-state index is -0.255. The summed E-state index contributed by atoms with van der Waals surface area (Å²) in [6.45, 7) is 3.34. The van der Waals surface area contributed by atoms with Gasteiger partial charge in [0.15, 0.2) is 0 Å². The monoisotopic (exact) mass is 285 g/mol. The van der Waals surface area contributed by atoms with Gasteiger partial charge in [0.1, 0.15) is 19.0 Å².